The second-order valence-electron chi connectivity index (χ2n) is 2.72. The number of nitrogens with zero attached hydrogens (tertiary/aromatic N) is 2. The Kier molecular flexibility index (Phi) is 1.66. The van der Waals surface area contributed by atoms with Gasteiger partial charge in [0.2, 0.25) is 0 Å². The summed E-state index contributed by atoms with van der Waals surface area (Å²) in [6, 6.07) is 1.30. The summed E-state index contributed by atoms with van der Waals surface area (Å²) in [6.07, 6.45) is 0. The maximum absolute atomic E-state index is 11.1. The summed E-state index contributed by atoms with van der Waals surface area (Å²) in [5.41, 5.74) is 6.74. The molecule has 0 amide bonds. The predicted octanol–water partition coefficient (Wildman–Crippen LogP) is 0.676. The zero-order chi connectivity index (χ0) is 9.59. The Morgan fingerprint density at radius 2 is 2.38 bits per heavy atom. The van der Waals surface area contributed by atoms with Crippen molar-refractivity contribution in [2.24, 2.45) is 0 Å². The number of aryl methyl sites for hydroxylation is 1. The van der Waals surface area contributed by atoms with Crippen LogP contribution >= 0.6 is 15.9 Å². The van der Waals surface area contributed by atoms with Gasteiger partial charge in [-0.05, 0) is 22.9 Å². The van der Waals surface area contributed by atoms with Crippen LogP contribution in [0.3, 0.4) is 0 Å². The smallest absolute Gasteiger partial charge is 0.253 e. The van der Waals surface area contributed by atoms with E-state index < -0.39 is 0 Å². The van der Waals surface area contributed by atoms with Crippen molar-refractivity contribution in [1.29, 1.82) is 0 Å². The number of nitrogen functional groups attached to an aromatic ring is 1. The van der Waals surface area contributed by atoms with E-state index in [4.69, 9.17) is 5.73 Å². The number of halogens is 1. The molecule has 2 aromatic heterocycles. The number of anilines is 1. The van der Waals surface area contributed by atoms with Crippen LogP contribution < -0.4 is 11.3 Å². The highest BCUT2D eigenvalue weighted by Crippen LogP contribution is 2.20. The van der Waals surface area contributed by atoms with E-state index in [9.17, 15) is 4.79 Å². The molecule has 0 atom stereocenters. The van der Waals surface area contributed by atoms with Gasteiger partial charge in [0.05, 0.1) is 10.2 Å². The van der Waals surface area contributed by atoms with E-state index in [0.717, 1.165) is 10.2 Å². The molecule has 0 aromatic carbocycles. The van der Waals surface area contributed by atoms with Gasteiger partial charge in [-0.1, -0.05) is 0 Å². The molecule has 0 saturated carbocycles. The van der Waals surface area contributed by atoms with Gasteiger partial charge >= 0.3 is 0 Å². The van der Waals surface area contributed by atoms with E-state index in [0.29, 0.717) is 11.5 Å². The Balaban J connectivity index is 3.03. The summed E-state index contributed by atoms with van der Waals surface area (Å²) in [7, 11) is 0. The van der Waals surface area contributed by atoms with E-state index in [1.165, 1.54) is 10.6 Å². The van der Waals surface area contributed by atoms with Crippen molar-refractivity contribution < 1.29 is 0 Å². The van der Waals surface area contributed by atoms with Gasteiger partial charge in [0, 0.05) is 6.07 Å². The standard InChI is InChI=1S/C7H7BrN4O/c1-3-6(8)7-10-5(13)2-4(9)12(7)11-3/h2H,9H2,1H3,(H,10,13). The molecule has 0 fully saturated rings. The molecule has 0 spiro atoms. The van der Waals surface area contributed by atoms with Crippen molar-refractivity contribution in [2.45, 2.75) is 6.92 Å². The quantitative estimate of drug-likeness (QED) is 0.714. The normalized spacial score (nSPS) is 10.9. The number of hydrogen-bond donors (Lipinski definition) is 2. The first-order chi connectivity index (χ1) is 6.09. The minimum absolute atomic E-state index is 0.231. The highest BCUT2D eigenvalue weighted by atomic mass is 79.9. The second-order valence-corrected chi connectivity index (χ2v) is 3.51. The van der Waals surface area contributed by atoms with E-state index >= 15 is 0 Å². The van der Waals surface area contributed by atoms with Crippen LogP contribution in [0, 0.1) is 6.92 Å². The average molecular weight is 243 g/mol. The van der Waals surface area contributed by atoms with Crippen molar-refractivity contribution in [2.75, 3.05) is 5.73 Å². The zero-order valence-corrected chi connectivity index (χ0v) is 8.42. The molecule has 0 aliphatic heterocycles. The maximum Gasteiger partial charge on any atom is 0.253 e. The lowest BCUT2D eigenvalue weighted by Crippen LogP contribution is -2.11. The van der Waals surface area contributed by atoms with Crippen molar-refractivity contribution in [3.8, 4) is 0 Å². The van der Waals surface area contributed by atoms with Crippen LogP contribution in [-0.2, 0) is 0 Å². The summed E-state index contributed by atoms with van der Waals surface area (Å²) in [5, 5.41) is 4.13. The lowest BCUT2D eigenvalue weighted by Gasteiger charge is -1.96. The molecular formula is C7H7BrN4O. The second kappa shape index (κ2) is 2.59. The molecule has 2 rings (SSSR count). The third-order valence-corrected chi connectivity index (χ3v) is 2.70. The molecule has 0 unspecified atom stereocenters. The van der Waals surface area contributed by atoms with E-state index in [2.05, 4.69) is 26.0 Å². The molecule has 0 saturated heterocycles. The maximum atomic E-state index is 11.1. The van der Waals surface area contributed by atoms with Crippen molar-refractivity contribution in [1.82, 2.24) is 14.6 Å². The van der Waals surface area contributed by atoms with Crippen LogP contribution in [0.25, 0.3) is 5.65 Å². The zero-order valence-electron chi connectivity index (χ0n) is 6.84. The van der Waals surface area contributed by atoms with Gasteiger partial charge < -0.3 is 10.7 Å². The Bertz CT molecular complexity index is 527. The molecule has 3 N–H and O–H groups in total. The third-order valence-electron chi connectivity index (χ3n) is 1.75. The first-order valence-corrected chi connectivity index (χ1v) is 4.42. The fourth-order valence-electron chi connectivity index (χ4n) is 1.15. The Labute approximate surface area is 81.7 Å². The average Bonchev–Trinajstić information content (AvgIpc) is 2.32. The number of H-pyrrole nitrogens is 1. The molecule has 6 heteroatoms. The monoisotopic (exact) mass is 242 g/mol. The highest BCUT2D eigenvalue weighted by Gasteiger charge is 2.08. The molecule has 0 bridgehead atoms. The van der Waals surface area contributed by atoms with Gasteiger partial charge in [0.25, 0.3) is 5.56 Å². The largest absolute Gasteiger partial charge is 0.383 e. The van der Waals surface area contributed by atoms with Crippen LogP contribution in [0.1, 0.15) is 5.69 Å². The molecule has 0 aliphatic carbocycles. The molecule has 2 aromatic rings. The number of hydrogen-bond acceptors (Lipinski definition) is 3. The minimum atomic E-state index is -0.231. The van der Waals surface area contributed by atoms with E-state index in [-0.39, 0.29) is 5.56 Å². The fourth-order valence-corrected chi connectivity index (χ4v) is 1.50. The Hall–Kier alpha value is -1.30. The van der Waals surface area contributed by atoms with E-state index in [1.807, 2.05) is 6.92 Å². The van der Waals surface area contributed by atoms with Crippen LogP contribution in [-0.4, -0.2) is 14.6 Å². The third kappa shape index (κ3) is 1.14. The van der Waals surface area contributed by atoms with Crippen LogP contribution in [0.4, 0.5) is 5.82 Å². The summed E-state index contributed by atoms with van der Waals surface area (Å²) < 4.78 is 2.25. The summed E-state index contributed by atoms with van der Waals surface area (Å²) in [6.45, 7) is 1.83. The molecule has 2 heterocycles. The van der Waals surface area contributed by atoms with Gasteiger partial charge in [-0.2, -0.15) is 9.61 Å². The van der Waals surface area contributed by atoms with E-state index in [1.54, 1.807) is 0 Å². The number of nitrogens with two attached hydrogens (primary N) is 1. The predicted molar refractivity (Wildman–Crippen MR) is 52.7 cm³/mol. The lowest BCUT2D eigenvalue weighted by atomic mass is 10.5. The minimum Gasteiger partial charge on any atom is -0.383 e. The molecule has 5 nitrogen and oxygen atoms in total. The number of aromatic nitrogens is 3. The van der Waals surface area contributed by atoms with Gasteiger partial charge in [0.1, 0.15) is 5.82 Å². The van der Waals surface area contributed by atoms with Crippen molar-refractivity contribution in [3.63, 3.8) is 0 Å². The molecule has 0 aliphatic rings. The van der Waals surface area contributed by atoms with Gasteiger partial charge in [0.15, 0.2) is 5.65 Å². The summed E-state index contributed by atoms with van der Waals surface area (Å²) in [5.74, 6) is 0.326. The lowest BCUT2D eigenvalue weighted by molar-refractivity contribution is 0.922. The fraction of sp³-hybridized carbons (Fsp3) is 0.143. The number of fused-ring (bicyclic) bond motifs is 1. The SMILES string of the molecule is Cc1nn2c(N)cc(=O)[nH]c2c1Br. The summed E-state index contributed by atoms with van der Waals surface area (Å²) >= 11 is 3.31. The molecule has 0 radical (unpaired) electrons. The van der Waals surface area contributed by atoms with Crippen molar-refractivity contribution >= 4 is 27.4 Å². The molecule has 68 valence electrons. The molecular weight excluding hydrogens is 236 g/mol. The Morgan fingerprint density at radius 3 is 3.08 bits per heavy atom. The highest BCUT2D eigenvalue weighted by molar-refractivity contribution is 9.10. The number of rotatable bonds is 0. The van der Waals surface area contributed by atoms with Gasteiger partial charge in [-0.25, -0.2) is 0 Å². The van der Waals surface area contributed by atoms with Gasteiger partial charge in [-0.15, -0.1) is 0 Å². The first-order valence-electron chi connectivity index (χ1n) is 3.63. The first kappa shape index (κ1) is 8.31. The number of aromatic amines is 1. The molecule has 13 heavy (non-hydrogen) atoms. The topological polar surface area (TPSA) is 76.2 Å². The Morgan fingerprint density at radius 1 is 1.69 bits per heavy atom. The van der Waals surface area contributed by atoms with Crippen LogP contribution in [0.2, 0.25) is 0 Å². The van der Waals surface area contributed by atoms with Crippen LogP contribution in [0.5, 0.6) is 0 Å². The summed E-state index contributed by atoms with van der Waals surface area (Å²) in [4.78, 5) is 13.7. The van der Waals surface area contributed by atoms with Gasteiger partial charge in [-0.3, -0.25) is 4.79 Å². The van der Waals surface area contributed by atoms with Crippen molar-refractivity contribution in [3.05, 3.63) is 26.6 Å². The number of nitrogens with one attached hydrogen (secondary N) is 1. The van der Waals surface area contributed by atoms with Crippen LogP contribution in [0.15, 0.2) is 15.3 Å².